The van der Waals surface area contributed by atoms with Crippen LogP contribution in [0.15, 0.2) is 18.2 Å². The summed E-state index contributed by atoms with van der Waals surface area (Å²) in [5, 5.41) is 0. The minimum Gasteiger partial charge on any atom is -0.338 e. The molecule has 3 nitrogen and oxygen atoms in total. The largest absolute Gasteiger partial charge is 0.338 e. The van der Waals surface area contributed by atoms with Gasteiger partial charge in [0.2, 0.25) is 5.91 Å². The highest BCUT2D eigenvalue weighted by Crippen LogP contribution is 2.20. The Bertz CT molecular complexity index is 431. The zero-order valence-corrected chi connectivity index (χ0v) is 9.95. The smallest absolute Gasteiger partial charge is 0.224 e. The fraction of sp³-hybridized carbons (Fsp3) is 0.462. The van der Waals surface area contributed by atoms with Gasteiger partial charge in [0.1, 0.15) is 5.82 Å². The maximum absolute atomic E-state index is 13.0. The van der Waals surface area contributed by atoms with Gasteiger partial charge in [0.05, 0.1) is 0 Å². The number of fused-ring (bicyclic) bond motifs is 1. The van der Waals surface area contributed by atoms with Crippen molar-refractivity contribution in [3.8, 4) is 0 Å². The Labute approximate surface area is 100 Å². The van der Waals surface area contributed by atoms with Crippen LogP contribution in [0.2, 0.25) is 0 Å². The summed E-state index contributed by atoms with van der Waals surface area (Å²) in [6, 6.07) is 4.65. The lowest BCUT2D eigenvalue weighted by molar-refractivity contribution is -0.132. The minimum atomic E-state index is -0.209. The van der Waals surface area contributed by atoms with E-state index >= 15 is 0 Å². The van der Waals surface area contributed by atoms with Crippen molar-refractivity contribution in [3.63, 3.8) is 0 Å². The van der Waals surface area contributed by atoms with Crippen LogP contribution in [0, 0.1) is 5.82 Å². The van der Waals surface area contributed by atoms with E-state index in [9.17, 15) is 9.18 Å². The second-order valence-corrected chi connectivity index (χ2v) is 4.66. The topological polar surface area (TPSA) is 46.3 Å². The molecule has 1 aromatic rings. The molecule has 2 rings (SSSR count). The van der Waals surface area contributed by atoms with Crippen LogP contribution in [0.25, 0.3) is 0 Å². The molecular weight excluding hydrogens is 219 g/mol. The van der Waals surface area contributed by atoms with Gasteiger partial charge < -0.3 is 10.6 Å². The van der Waals surface area contributed by atoms with Crippen molar-refractivity contribution >= 4 is 5.91 Å². The van der Waals surface area contributed by atoms with Crippen molar-refractivity contribution in [2.24, 2.45) is 5.73 Å². The Morgan fingerprint density at radius 2 is 2.29 bits per heavy atom. The van der Waals surface area contributed by atoms with Gasteiger partial charge in [-0.25, -0.2) is 4.39 Å². The normalized spacial score (nSPS) is 16.5. The summed E-state index contributed by atoms with van der Waals surface area (Å²) in [6.07, 6.45) is 1.09. The van der Waals surface area contributed by atoms with E-state index in [1.54, 1.807) is 17.0 Å². The molecule has 1 heterocycles. The van der Waals surface area contributed by atoms with Crippen LogP contribution in [-0.4, -0.2) is 23.4 Å². The van der Waals surface area contributed by atoms with E-state index in [1.165, 1.54) is 6.07 Å². The number of halogens is 1. The molecule has 4 heteroatoms. The highest BCUT2D eigenvalue weighted by atomic mass is 19.1. The quantitative estimate of drug-likeness (QED) is 0.844. The summed E-state index contributed by atoms with van der Waals surface area (Å²) in [6.45, 7) is 3.05. The van der Waals surface area contributed by atoms with Crippen LogP contribution < -0.4 is 5.73 Å². The molecule has 0 aliphatic carbocycles. The standard InChI is InChI=1S/C13H17FN2O/c1-9(15)6-13(17)16-5-4-10-7-12(14)3-2-11(10)8-16/h2-3,7,9H,4-6,8,15H2,1H3. The SMILES string of the molecule is CC(N)CC(=O)N1CCc2cc(F)ccc2C1. The van der Waals surface area contributed by atoms with Crippen molar-refractivity contribution in [2.75, 3.05) is 6.54 Å². The van der Waals surface area contributed by atoms with Crippen molar-refractivity contribution in [3.05, 3.63) is 35.1 Å². The maximum atomic E-state index is 13.0. The van der Waals surface area contributed by atoms with Crippen LogP contribution in [0.5, 0.6) is 0 Å². The molecule has 1 atom stereocenters. The molecule has 1 aliphatic heterocycles. The zero-order valence-electron chi connectivity index (χ0n) is 9.95. The molecule has 2 N–H and O–H groups in total. The summed E-state index contributed by atoms with van der Waals surface area (Å²) in [5.41, 5.74) is 7.66. The Hall–Kier alpha value is -1.42. The van der Waals surface area contributed by atoms with Gasteiger partial charge in [0.15, 0.2) is 0 Å². The van der Waals surface area contributed by atoms with Crippen LogP contribution >= 0.6 is 0 Å². The Balaban J connectivity index is 2.08. The summed E-state index contributed by atoms with van der Waals surface area (Å²) in [5.74, 6) is -0.130. The summed E-state index contributed by atoms with van der Waals surface area (Å²) in [7, 11) is 0. The number of nitrogens with two attached hydrogens (primary N) is 1. The number of rotatable bonds is 2. The first-order chi connectivity index (χ1) is 8.06. The number of amides is 1. The number of hydrogen-bond acceptors (Lipinski definition) is 2. The van der Waals surface area contributed by atoms with Crippen molar-refractivity contribution in [2.45, 2.75) is 32.4 Å². The third-order valence-corrected chi connectivity index (χ3v) is 3.03. The Morgan fingerprint density at radius 1 is 1.53 bits per heavy atom. The molecule has 0 aromatic heterocycles. The Morgan fingerprint density at radius 3 is 3.00 bits per heavy atom. The van der Waals surface area contributed by atoms with E-state index in [-0.39, 0.29) is 17.8 Å². The molecule has 0 bridgehead atoms. The van der Waals surface area contributed by atoms with Gasteiger partial charge in [-0.05, 0) is 36.6 Å². The van der Waals surface area contributed by atoms with E-state index in [0.29, 0.717) is 19.5 Å². The van der Waals surface area contributed by atoms with Crippen molar-refractivity contribution < 1.29 is 9.18 Å². The lowest BCUT2D eigenvalue weighted by Crippen LogP contribution is -2.38. The first-order valence-corrected chi connectivity index (χ1v) is 5.87. The van der Waals surface area contributed by atoms with E-state index in [2.05, 4.69) is 0 Å². The number of carbonyl (C=O) groups is 1. The molecule has 0 fully saturated rings. The van der Waals surface area contributed by atoms with Crippen LogP contribution in [0.1, 0.15) is 24.5 Å². The van der Waals surface area contributed by atoms with Crippen molar-refractivity contribution in [1.29, 1.82) is 0 Å². The lowest BCUT2D eigenvalue weighted by Gasteiger charge is -2.29. The molecule has 1 unspecified atom stereocenters. The van der Waals surface area contributed by atoms with Gasteiger partial charge in [0.25, 0.3) is 0 Å². The van der Waals surface area contributed by atoms with E-state index in [4.69, 9.17) is 5.73 Å². The summed E-state index contributed by atoms with van der Waals surface area (Å²) in [4.78, 5) is 13.7. The van der Waals surface area contributed by atoms with E-state index < -0.39 is 0 Å². The third-order valence-electron chi connectivity index (χ3n) is 3.03. The van der Waals surface area contributed by atoms with E-state index in [0.717, 1.165) is 17.5 Å². The predicted molar refractivity (Wildman–Crippen MR) is 63.8 cm³/mol. The van der Waals surface area contributed by atoms with E-state index in [1.807, 2.05) is 6.92 Å². The maximum Gasteiger partial charge on any atom is 0.224 e. The summed E-state index contributed by atoms with van der Waals surface area (Å²) < 4.78 is 13.0. The molecule has 1 amide bonds. The minimum absolute atomic E-state index is 0.0787. The van der Waals surface area contributed by atoms with Gasteiger partial charge in [0, 0.05) is 25.6 Å². The van der Waals surface area contributed by atoms with Crippen LogP contribution in [0.4, 0.5) is 4.39 Å². The number of carbonyl (C=O) groups excluding carboxylic acids is 1. The fourth-order valence-electron chi connectivity index (χ4n) is 2.14. The first-order valence-electron chi connectivity index (χ1n) is 5.87. The molecule has 1 aromatic carbocycles. The van der Waals surface area contributed by atoms with Crippen molar-refractivity contribution in [1.82, 2.24) is 4.90 Å². The molecular formula is C13H17FN2O. The van der Waals surface area contributed by atoms with Crippen LogP contribution in [0.3, 0.4) is 0 Å². The fourth-order valence-corrected chi connectivity index (χ4v) is 2.14. The lowest BCUT2D eigenvalue weighted by atomic mass is 9.99. The number of benzene rings is 1. The van der Waals surface area contributed by atoms with Gasteiger partial charge in [-0.15, -0.1) is 0 Å². The average Bonchev–Trinajstić information content (AvgIpc) is 2.27. The first kappa shape index (κ1) is 12.0. The number of nitrogens with zero attached hydrogens (tertiary/aromatic N) is 1. The Kier molecular flexibility index (Phi) is 3.43. The summed E-state index contributed by atoms with van der Waals surface area (Å²) >= 11 is 0. The van der Waals surface area contributed by atoms with Gasteiger partial charge in [-0.1, -0.05) is 6.07 Å². The molecule has 0 spiro atoms. The predicted octanol–water partition coefficient (Wildman–Crippen LogP) is 1.45. The second-order valence-electron chi connectivity index (χ2n) is 4.66. The molecule has 0 saturated carbocycles. The molecule has 0 saturated heterocycles. The average molecular weight is 236 g/mol. The van der Waals surface area contributed by atoms with Gasteiger partial charge >= 0.3 is 0 Å². The monoisotopic (exact) mass is 236 g/mol. The van der Waals surface area contributed by atoms with Gasteiger partial charge in [-0.2, -0.15) is 0 Å². The second kappa shape index (κ2) is 4.84. The van der Waals surface area contributed by atoms with Gasteiger partial charge in [-0.3, -0.25) is 4.79 Å². The highest BCUT2D eigenvalue weighted by molar-refractivity contribution is 5.77. The third kappa shape index (κ3) is 2.82. The molecule has 92 valence electrons. The zero-order chi connectivity index (χ0) is 12.4. The molecule has 1 aliphatic rings. The van der Waals surface area contributed by atoms with Crippen LogP contribution in [-0.2, 0) is 17.8 Å². The highest BCUT2D eigenvalue weighted by Gasteiger charge is 2.21. The number of hydrogen-bond donors (Lipinski definition) is 1. The molecule has 0 radical (unpaired) electrons. The molecule has 17 heavy (non-hydrogen) atoms.